The zero-order valence-electron chi connectivity index (χ0n) is 7.34. The molecule has 0 spiro atoms. The minimum absolute atomic E-state index is 0.124. The van der Waals surface area contributed by atoms with Crippen LogP contribution in [-0.4, -0.2) is 20.4 Å². The number of primary amides is 1. The molecular formula is C9H9N3O2. The van der Waals surface area contributed by atoms with Gasteiger partial charge in [0.05, 0.1) is 12.3 Å². The Balaban J connectivity index is 2.78. The summed E-state index contributed by atoms with van der Waals surface area (Å²) in [4.78, 5) is 15.0. The molecule has 2 rings (SSSR count). The number of imidazole rings is 1. The zero-order valence-corrected chi connectivity index (χ0v) is 7.34. The van der Waals surface area contributed by atoms with E-state index in [0.717, 1.165) is 0 Å². The van der Waals surface area contributed by atoms with Crippen LogP contribution in [0.25, 0.3) is 5.65 Å². The Labute approximate surface area is 79.8 Å². The second-order valence-corrected chi connectivity index (χ2v) is 2.86. The third kappa shape index (κ3) is 1.14. The Morgan fingerprint density at radius 3 is 3.00 bits per heavy atom. The van der Waals surface area contributed by atoms with Gasteiger partial charge in [0, 0.05) is 6.20 Å². The van der Waals surface area contributed by atoms with Crippen LogP contribution >= 0.6 is 0 Å². The highest BCUT2D eigenvalue weighted by Crippen LogP contribution is 2.11. The highest BCUT2D eigenvalue weighted by Gasteiger charge is 2.14. The van der Waals surface area contributed by atoms with Gasteiger partial charge in [-0.1, -0.05) is 6.07 Å². The number of aromatic nitrogens is 2. The van der Waals surface area contributed by atoms with Gasteiger partial charge in [-0.2, -0.15) is 0 Å². The first kappa shape index (κ1) is 8.71. The number of carbonyl (C=O) groups excluding carboxylic acids is 1. The van der Waals surface area contributed by atoms with Crippen molar-refractivity contribution >= 4 is 11.6 Å². The summed E-state index contributed by atoms with van der Waals surface area (Å²) in [7, 11) is 0. The van der Waals surface area contributed by atoms with Gasteiger partial charge in [-0.15, -0.1) is 0 Å². The molecule has 2 aromatic heterocycles. The van der Waals surface area contributed by atoms with E-state index in [0.29, 0.717) is 11.3 Å². The van der Waals surface area contributed by atoms with Gasteiger partial charge in [-0.25, -0.2) is 4.98 Å². The molecule has 14 heavy (non-hydrogen) atoms. The van der Waals surface area contributed by atoms with Gasteiger partial charge in [-0.05, 0) is 12.1 Å². The maximum absolute atomic E-state index is 11.0. The summed E-state index contributed by atoms with van der Waals surface area (Å²) in [5, 5.41) is 9.09. The van der Waals surface area contributed by atoms with Gasteiger partial charge in [0.15, 0.2) is 5.69 Å². The Morgan fingerprint density at radius 2 is 2.36 bits per heavy atom. The maximum atomic E-state index is 11.0. The van der Waals surface area contributed by atoms with Crippen LogP contribution in [0.2, 0.25) is 0 Å². The van der Waals surface area contributed by atoms with E-state index in [1.807, 2.05) is 0 Å². The van der Waals surface area contributed by atoms with Crippen molar-refractivity contribution in [3.63, 3.8) is 0 Å². The number of pyridine rings is 1. The molecular weight excluding hydrogens is 182 g/mol. The number of fused-ring (bicyclic) bond motifs is 1. The monoisotopic (exact) mass is 191 g/mol. The molecule has 0 aromatic carbocycles. The highest BCUT2D eigenvalue weighted by atomic mass is 16.3. The number of carbonyl (C=O) groups is 1. The molecule has 0 aliphatic carbocycles. The average molecular weight is 191 g/mol. The van der Waals surface area contributed by atoms with Crippen LogP contribution in [0.15, 0.2) is 24.4 Å². The molecule has 0 saturated carbocycles. The summed E-state index contributed by atoms with van der Waals surface area (Å²) < 4.78 is 1.64. The molecule has 1 amide bonds. The summed E-state index contributed by atoms with van der Waals surface area (Å²) in [6, 6.07) is 5.33. The molecule has 2 aromatic rings. The minimum Gasteiger partial charge on any atom is -0.390 e. The van der Waals surface area contributed by atoms with Crippen molar-refractivity contribution in [2.24, 2.45) is 5.73 Å². The quantitative estimate of drug-likeness (QED) is 0.697. The number of aliphatic hydroxyl groups excluding tert-OH is 1. The number of nitrogens with two attached hydrogens (primary N) is 1. The van der Waals surface area contributed by atoms with Gasteiger partial charge < -0.3 is 15.2 Å². The largest absolute Gasteiger partial charge is 0.390 e. The second kappa shape index (κ2) is 3.12. The van der Waals surface area contributed by atoms with Crippen LogP contribution in [0, 0.1) is 0 Å². The van der Waals surface area contributed by atoms with Crippen molar-refractivity contribution in [2.75, 3.05) is 0 Å². The van der Waals surface area contributed by atoms with Gasteiger partial charge in [0.1, 0.15) is 5.65 Å². The first-order chi connectivity index (χ1) is 6.74. The van der Waals surface area contributed by atoms with Crippen LogP contribution in [0.4, 0.5) is 0 Å². The van der Waals surface area contributed by atoms with Crippen LogP contribution in [-0.2, 0) is 6.61 Å². The van der Waals surface area contributed by atoms with Crippen molar-refractivity contribution < 1.29 is 9.90 Å². The minimum atomic E-state index is -0.627. The maximum Gasteiger partial charge on any atom is 0.269 e. The predicted molar refractivity (Wildman–Crippen MR) is 49.6 cm³/mol. The van der Waals surface area contributed by atoms with E-state index in [4.69, 9.17) is 10.8 Å². The summed E-state index contributed by atoms with van der Waals surface area (Å²) in [6.07, 6.45) is 1.72. The number of rotatable bonds is 2. The fourth-order valence-corrected chi connectivity index (χ4v) is 1.39. The summed E-state index contributed by atoms with van der Waals surface area (Å²) in [5.41, 5.74) is 6.28. The normalized spacial score (nSPS) is 10.6. The highest BCUT2D eigenvalue weighted by molar-refractivity contribution is 5.92. The van der Waals surface area contributed by atoms with Gasteiger partial charge in [0.25, 0.3) is 5.91 Å². The number of hydrogen-bond donors (Lipinski definition) is 2. The second-order valence-electron chi connectivity index (χ2n) is 2.86. The third-order valence-corrected chi connectivity index (χ3v) is 2.01. The number of aliphatic hydroxyl groups is 1. The fraction of sp³-hybridized carbons (Fsp3) is 0.111. The molecule has 0 saturated heterocycles. The lowest BCUT2D eigenvalue weighted by atomic mass is 10.3. The molecule has 0 fully saturated rings. The predicted octanol–water partition coefficient (Wildman–Crippen LogP) is -0.0745. The van der Waals surface area contributed by atoms with Crippen molar-refractivity contribution in [2.45, 2.75) is 6.61 Å². The summed E-state index contributed by atoms with van der Waals surface area (Å²) in [6.45, 7) is -0.260. The molecule has 0 atom stereocenters. The Hall–Kier alpha value is -1.88. The molecule has 0 bridgehead atoms. The standard InChI is InChI=1S/C9H9N3O2/c10-9(14)8-6(5-13)12-4-2-1-3-7(12)11-8/h1-4,13H,5H2,(H2,10,14). The first-order valence-corrected chi connectivity index (χ1v) is 4.10. The van der Waals surface area contributed by atoms with E-state index < -0.39 is 5.91 Å². The molecule has 5 nitrogen and oxygen atoms in total. The average Bonchev–Trinajstić information content (AvgIpc) is 2.56. The van der Waals surface area contributed by atoms with E-state index in [-0.39, 0.29) is 12.3 Å². The SMILES string of the molecule is NC(=O)c1nc2ccccn2c1CO. The van der Waals surface area contributed by atoms with Crippen LogP contribution in [0.3, 0.4) is 0 Å². The van der Waals surface area contributed by atoms with Crippen molar-refractivity contribution in [3.8, 4) is 0 Å². The Bertz CT molecular complexity index is 490. The Morgan fingerprint density at radius 1 is 1.57 bits per heavy atom. The topological polar surface area (TPSA) is 80.6 Å². The van der Waals surface area contributed by atoms with E-state index in [1.54, 1.807) is 28.8 Å². The van der Waals surface area contributed by atoms with Crippen molar-refractivity contribution in [1.82, 2.24) is 9.38 Å². The van der Waals surface area contributed by atoms with Gasteiger partial charge >= 0.3 is 0 Å². The van der Waals surface area contributed by atoms with Gasteiger partial charge in [-0.3, -0.25) is 4.79 Å². The molecule has 0 aliphatic rings. The molecule has 5 heteroatoms. The number of nitrogens with zero attached hydrogens (tertiary/aromatic N) is 2. The first-order valence-electron chi connectivity index (χ1n) is 4.10. The molecule has 72 valence electrons. The summed E-state index contributed by atoms with van der Waals surface area (Å²) >= 11 is 0. The van der Waals surface area contributed by atoms with Crippen LogP contribution < -0.4 is 5.73 Å². The lowest BCUT2D eigenvalue weighted by Gasteiger charge is -1.97. The van der Waals surface area contributed by atoms with E-state index in [9.17, 15) is 4.79 Å². The van der Waals surface area contributed by atoms with E-state index >= 15 is 0 Å². The van der Waals surface area contributed by atoms with Crippen LogP contribution in [0.5, 0.6) is 0 Å². The van der Waals surface area contributed by atoms with E-state index in [2.05, 4.69) is 4.98 Å². The van der Waals surface area contributed by atoms with Crippen molar-refractivity contribution in [1.29, 1.82) is 0 Å². The Kier molecular flexibility index (Phi) is 1.94. The van der Waals surface area contributed by atoms with Gasteiger partial charge in [0.2, 0.25) is 0 Å². The summed E-state index contributed by atoms with van der Waals surface area (Å²) in [5.74, 6) is -0.627. The molecule has 0 radical (unpaired) electrons. The van der Waals surface area contributed by atoms with Crippen LogP contribution in [0.1, 0.15) is 16.2 Å². The number of amides is 1. The number of hydrogen-bond acceptors (Lipinski definition) is 3. The van der Waals surface area contributed by atoms with E-state index in [1.165, 1.54) is 0 Å². The smallest absolute Gasteiger partial charge is 0.269 e. The zero-order chi connectivity index (χ0) is 10.1. The molecule has 0 unspecified atom stereocenters. The fourth-order valence-electron chi connectivity index (χ4n) is 1.39. The lowest BCUT2D eigenvalue weighted by Crippen LogP contribution is -2.14. The molecule has 2 heterocycles. The molecule has 0 aliphatic heterocycles. The lowest BCUT2D eigenvalue weighted by molar-refractivity contribution is 0.0992. The molecule has 3 N–H and O–H groups in total. The third-order valence-electron chi connectivity index (χ3n) is 2.01. The van der Waals surface area contributed by atoms with Crippen molar-refractivity contribution in [3.05, 3.63) is 35.8 Å².